The zero-order valence-electron chi connectivity index (χ0n) is 40.8. The predicted molar refractivity (Wildman–Crippen MR) is 309 cm³/mol. The van der Waals surface area contributed by atoms with E-state index < -0.39 is 0 Å². The smallest absolute Gasteiger partial charge is 0.252 e. The Morgan fingerprint density at radius 2 is 0.753 bits per heavy atom. The van der Waals surface area contributed by atoms with Crippen LogP contribution in [0.2, 0.25) is 0 Å². The first-order chi connectivity index (χ1) is 36.0. The molecule has 0 unspecified atom stereocenters. The van der Waals surface area contributed by atoms with E-state index in [1.807, 2.05) is 0 Å². The maximum atomic E-state index is 2.61. The van der Waals surface area contributed by atoms with Gasteiger partial charge in [0.25, 0.3) is 6.71 Å². The molecule has 0 N–H and O–H groups in total. The van der Waals surface area contributed by atoms with Gasteiger partial charge in [0.1, 0.15) is 0 Å². The topological polar surface area (TPSA) is 9.72 Å². The second-order valence-electron chi connectivity index (χ2n) is 20.1. The minimum absolute atomic E-state index is 0.0476. The molecule has 11 aromatic rings. The minimum atomic E-state index is -0.237. The Kier molecular flexibility index (Phi) is 9.98. The van der Waals surface area contributed by atoms with Crippen LogP contribution in [0.15, 0.2) is 267 Å². The second kappa shape index (κ2) is 17.0. The summed E-state index contributed by atoms with van der Waals surface area (Å²) in [6.07, 6.45) is 0. The number of hydrogen-bond acceptors (Lipinski definition) is 3. The first-order valence-electron chi connectivity index (χ1n) is 25.4. The summed E-state index contributed by atoms with van der Waals surface area (Å²) < 4.78 is 0. The molecule has 0 bridgehead atoms. The molecule has 0 fully saturated rings. The van der Waals surface area contributed by atoms with Crippen molar-refractivity contribution in [2.24, 2.45) is 0 Å². The third-order valence-corrected chi connectivity index (χ3v) is 15.6. The summed E-state index contributed by atoms with van der Waals surface area (Å²) >= 11 is 0. The Morgan fingerprint density at radius 1 is 0.315 bits per heavy atom. The van der Waals surface area contributed by atoms with Gasteiger partial charge >= 0.3 is 0 Å². The number of anilines is 9. The molecule has 0 atom stereocenters. The first kappa shape index (κ1) is 42.7. The van der Waals surface area contributed by atoms with Crippen LogP contribution in [0.3, 0.4) is 0 Å². The van der Waals surface area contributed by atoms with Crippen molar-refractivity contribution in [1.82, 2.24) is 0 Å². The van der Waals surface area contributed by atoms with Crippen LogP contribution in [-0.4, -0.2) is 6.71 Å². The van der Waals surface area contributed by atoms with Crippen LogP contribution in [0.25, 0.3) is 44.5 Å². The van der Waals surface area contributed by atoms with Crippen LogP contribution in [0.1, 0.15) is 25.0 Å². The lowest BCUT2D eigenvalue weighted by Crippen LogP contribution is -2.62. The van der Waals surface area contributed by atoms with Crippen molar-refractivity contribution < 1.29 is 0 Å². The number of fused-ring (bicyclic) bond motifs is 6. The molecular formula is C69H50BN3. The lowest BCUT2D eigenvalue weighted by molar-refractivity contribution is 0.632. The zero-order valence-corrected chi connectivity index (χ0v) is 40.8. The van der Waals surface area contributed by atoms with Crippen LogP contribution in [0, 0.1) is 0 Å². The molecule has 73 heavy (non-hydrogen) atoms. The number of nitrogens with zero attached hydrogens (tertiary/aromatic N) is 3. The van der Waals surface area contributed by atoms with Gasteiger partial charge in [-0.15, -0.1) is 0 Å². The Morgan fingerprint density at radius 3 is 1.30 bits per heavy atom. The molecule has 3 aliphatic rings. The summed E-state index contributed by atoms with van der Waals surface area (Å²) in [5.74, 6) is 0. The fraction of sp³-hybridized carbons (Fsp3) is 0.0435. The molecule has 11 aromatic carbocycles. The maximum absolute atomic E-state index is 2.61. The highest BCUT2D eigenvalue weighted by Gasteiger charge is 2.48. The normalized spacial score (nSPS) is 13.4. The van der Waals surface area contributed by atoms with Crippen LogP contribution < -0.4 is 31.1 Å². The number of benzene rings is 11. The van der Waals surface area contributed by atoms with Gasteiger partial charge in [0.2, 0.25) is 0 Å². The molecular weight excluding hydrogens is 882 g/mol. The van der Waals surface area contributed by atoms with Gasteiger partial charge < -0.3 is 14.7 Å². The van der Waals surface area contributed by atoms with Crippen LogP contribution in [-0.2, 0) is 5.41 Å². The third-order valence-electron chi connectivity index (χ3n) is 15.6. The second-order valence-corrected chi connectivity index (χ2v) is 20.1. The van der Waals surface area contributed by atoms with Gasteiger partial charge in [0.15, 0.2) is 0 Å². The fourth-order valence-corrected chi connectivity index (χ4v) is 12.1. The zero-order chi connectivity index (χ0) is 48.6. The molecule has 0 saturated heterocycles. The van der Waals surface area contributed by atoms with Gasteiger partial charge in [-0.1, -0.05) is 220 Å². The standard InChI is InChI=1S/C69H50BN3/c1-69(2)59-26-15-16-29-63(59)73-66-46-58(71(55-37-30-51(31-38-55)47-18-7-3-8-19-47)56-39-32-52(33-40-56)48-20-9-4-10-21-48)45-65-67(66)70(61-28-17-27-60(69)68(61)73)62-44-54(50-24-13-6-14-25-50)36-43-64(62)72(65)57-41-34-53(35-42-57)49-22-11-5-12-23-49/h3-46H,1-2H3. The van der Waals surface area contributed by atoms with Gasteiger partial charge in [-0.3, -0.25) is 0 Å². The number of hydrogen-bond donors (Lipinski definition) is 0. The molecule has 0 amide bonds. The fourth-order valence-electron chi connectivity index (χ4n) is 12.1. The van der Waals surface area contributed by atoms with E-state index in [-0.39, 0.29) is 12.1 Å². The molecule has 3 heterocycles. The highest BCUT2D eigenvalue weighted by atomic mass is 15.2. The average molecular weight is 932 g/mol. The molecule has 4 heteroatoms. The van der Waals surface area contributed by atoms with E-state index in [1.54, 1.807) is 0 Å². The van der Waals surface area contributed by atoms with Crippen LogP contribution in [0.5, 0.6) is 0 Å². The van der Waals surface area contributed by atoms with Crippen molar-refractivity contribution in [2.45, 2.75) is 19.3 Å². The van der Waals surface area contributed by atoms with E-state index >= 15 is 0 Å². The Labute approximate surface area is 428 Å². The van der Waals surface area contributed by atoms with Crippen molar-refractivity contribution in [3.63, 3.8) is 0 Å². The van der Waals surface area contributed by atoms with Gasteiger partial charge in [-0.05, 0) is 133 Å². The van der Waals surface area contributed by atoms with E-state index in [2.05, 4.69) is 295 Å². The Balaban J connectivity index is 1.06. The van der Waals surface area contributed by atoms with Crippen LogP contribution in [0.4, 0.5) is 51.2 Å². The van der Waals surface area contributed by atoms with Gasteiger partial charge in [0, 0.05) is 45.2 Å². The highest BCUT2D eigenvalue weighted by Crippen LogP contribution is 2.55. The predicted octanol–water partition coefficient (Wildman–Crippen LogP) is 16.5. The lowest BCUT2D eigenvalue weighted by atomic mass is 9.33. The Bertz CT molecular complexity index is 3770. The Hall–Kier alpha value is -9.12. The summed E-state index contributed by atoms with van der Waals surface area (Å²) in [7, 11) is 0. The van der Waals surface area contributed by atoms with Crippen molar-refractivity contribution in [2.75, 3.05) is 14.7 Å². The molecule has 0 saturated carbocycles. The molecule has 0 aromatic heterocycles. The van der Waals surface area contributed by atoms with Gasteiger partial charge in [-0.2, -0.15) is 0 Å². The maximum Gasteiger partial charge on any atom is 0.252 e. The van der Waals surface area contributed by atoms with Crippen molar-refractivity contribution in [3.8, 4) is 44.5 Å². The summed E-state index contributed by atoms with van der Waals surface area (Å²) in [5, 5.41) is 0. The van der Waals surface area contributed by atoms with E-state index in [0.29, 0.717) is 0 Å². The minimum Gasteiger partial charge on any atom is -0.311 e. The summed E-state index contributed by atoms with van der Waals surface area (Å²) in [5.41, 5.74) is 26.3. The van der Waals surface area contributed by atoms with E-state index in [9.17, 15) is 0 Å². The van der Waals surface area contributed by atoms with Gasteiger partial charge in [0.05, 0.1) is 11.4 Å². The van der Waals surface area contributed by atoms with Gasteiger partial charge in [-0.25, -0.2) is 0 Å². The highest BCUT2D eigenvalue weighted by molar-refractivity contribution is 7.00. The van der Waals surface area contributed by atoms with Crippen molar-refractivity contribution in [3.05, 3.63) is 278 Å². The lowest BCUT2D eigenvalue weighted by Gasteiger charge is -2.50. The van der Waals surface area contributed by atoms with Crippen molar-refractivity contribution in [1.29, 1.82) is 0 Å². The largest absolute Gasteiger partial charge is 0.311 e. The molecule has 0 radical (unpaired) electrons. The average Bonchev–Trinajstić information content (AvgIpc) is 3.46. The SMILES string of the molecule is CC1(C)c2ccccc2N2c3cc(N(c4ccc(-c5ccccc5)cc4)c4ccc(-c5ccccc5)cc4)cc4c3B(c3cc(-c5ccccc5)ccc3N4c3ccc(-c4ccccc4)cc3)c3cccc1c32. The quantitative estimate of drug-likeness (QED) is 0.141. The van der Waals surface area contributed by atoms with E-state index in [1.165, 1.54) is 94.8 Å². The van der Waals surface area contributed by atoms with Crippen molar-refractivity contribution >= 4 is 74.3 Å². The molecule has 3 aliphatic heterocycles. The number of rotatable bonds is 8. The summed E-state index contributed by atoms with van der Waals surface area (Å²) in [6, 6.07) is 98.6. The molecule has 0 aliphatic carbocycles. The van der Waals surface area contributed by atoms with Crippen LogP contribution >= 0.6 is 0 Å². The summed E-state index contributed by atoms with van der Waals surface area (Å²) in [6.45, 7) is 4.76. The molecule has 3 nitrogen and oxygen atoms in total. The van der Waals surface area contributed by atoms with E-state index in [0.717, 1.165) is 28.4 Å². The monoisotopic (exact) mass is 931 g/mol. The molecule has 0 spiro atoms. The first-order valence-corrected chi connectivity index (χ1v) is 25.4. The molecule has 344 valence electrons. The number of para-hydroxylation sites is 2. The molecule has 14 rings (SSSR count). The third kappa shape index (κ3) is 6.97. The van der Waals surface area contributed by atoms with E-state index in [4.69, 9.17) is 0 Å². The summed E-state index contributed by atoms with van der Waals surface area (Å²) in [4.78, 5) is 7.62.